The number of amides is 3. The number of alkyl halides is 3. The van der Waals surface area contributed by atoms with Crippen LogP contribution in [0.4, 0.5) is 18.9 Å². The normalized spacial score (nSPS) is 17.9. The van der Waals surface area contributed by atoms with Crippen LogP contribution in [-0.4, -0.2) is 63.2 Å². The third-order valence-corrected chi connectivity index (χ3v) is 6.04. The highest BCUT2D eigenvalue weighted by molar-refractivity contribution is 6.11. The Morgan fingerprint density at radius 1 is 1.03 bits per heavy atom. The van der Waals surface area contributed by atoms with Crippen molar-refractivity contribution in [1.29, 1.82) is 0 Å². The molecule has 1 fully saturated rings. The predicted molar refractivity (Wildman–Crippen MR) is 118 cm³/mol. The van der Waals surface area contributed by atoms with E-state index in [2.05, 4.69) is 15.3 Å². The Morgan fingerprint density at radius 3 is 2.57 bits per heavy atom. The molecule has 1 N–H and O–H groups in total. The number of hydrogen-bond donors (Lipinski definition) is 1. The first-order valence-corrected chi connectivity index (χ1v) is 10.7. The second-order valence-electron chi connectivity index (χ2n) is 8.18. The van der Waals surface area contributed by atoms with Crippen LogP contribution in [0.2, 0.25) is 0 Å². The molecule has 0 aliphatic carbocycles. The van der Waals surface area contributed by atoms with E-state index in [1.807, 2.05) is 0 Å². The van der Waals surface area contributed by atoms with E-state index in [1.165, 1.54) is 52.7 Å². The molecule has 2 aliphatic heterocycles. The number of anilines is 1. The summed E-state index contributed by atoms with van der Waals surface area (Å²) in [5.74, 6) is -1.30. The molecular formula is C24H18F3N5O3. The second-order valence-corrected chi connectivity index (χ2v) is 8.18. The number of carbonyl (C=O) groups is 3. The predicted octanol–water partition coefficient (Wildman–Crippen LogP) is 3.08. The van der Waals surface area contributed by atoms with Crippen LogP contribution in [0.1, 0.15) is 26.4 Å². The minimum atomic E-state index is -4.50. The molecule has 2 aliphatic rings. The SMILES string of the molecule is O=C1Nc2ccc(-c3cccc(C(F)(F)F)c3)cc2C(=O)N2CCN(C(=O)c3cnccn3)CC12. The van der Waals surface area contributed by atoms with Crippen LogP contribution in [0.15, 0.2) is 61.1 Å². The molecule has 1 unspecified atom stereocenters. The Labute approximate surface area is 197 Å². The summed E-state index contributed by atoms with van der Waals surface area (Å²) in [4.78, 5) is 49.9. The molecule has 3 heterocycles. The van der Waals surface area contributed by atoms with Gasteiger partial charge < -0.3 is 15.1 Å². The number of nitrogens with one attached hydrogen (secondary N) is 1. The van der Waals surface area contributed by atoms with Crippen molar-refractivity contribution in [3.8, 4) is 11.1 Å². The van der Waals surface area contributed by atoms with Gasteiger partial charge in [0.1, 0.15) is 11.7 Å². The molecule has 2 aromatic carbocycles. The topological polar surface area (TPSA) is 95.5 Å². The van der Waals surface area contributed by atoms with Gasteiger partial charge in [-0.05, 0) is 35.4 Å². The Hall–Kier alpha value is -4.28. The minimum Gasteiger partial charge on any atom is -0.333 e. The molecule has 0 saturated carbocycles. The Bertz CT molecular complexity index is 1330. The third kappa shape index (κ3) is 4.20. The number of halogens is 3. The van der Waals surface area contributed by atoms with Gasteiger partial charge in [0.05, 0.1) is 29.6 Å². The lowest BCUT2D eigenvalue weighted by atomic mass is 9.99. The maximum atomic E-state index is 13.4. The van der Waals surface area contributed by atoms with Gasteiger partial charge in [0, 0.05) is 25.5 Å². The van der Waals surface area contributed by atoms with Crippen LogP contribution in [-0.2, 0) is 11.0 Å². The fourth-order valence-corrected chi connectivity index (χ4v) is 4.26. The zero-order chi connectivity index (χ0) is 24.7. The first-order valence-electron chi connectivity index (χ1n) is 10.7. The first kappa shape index (κ1) is 22.5. The lowest BCUT2D eigenvalue weighted by Gasteiger charge is -2.39. The van der Waals surface area contributed by atoms with Crippen molar-refractivity contribution in [3.63, 3.8) is 0 Å². The molecule has 1 atom stereocenters. The summed E-state index contributed by atoms with van der Waals surface area (Å²) < 4.78 is 39.5. The van der Waals surface area contributed by atoms with Crippen LogP contribution in [0, 0.1) is 0 Å². The van der Waals surface area contributed by atoms with Crippen molar-refractivity contribution in [2.75, 3.05) is 25.0 Å². The van der Waals surface area contributed by atoms with E-state index >= 15 is 0 Å². The van der Waals surface area contributed by atoms with Gasteiger partial charge in [0.2, 0.25) is 5.91 Å². The highest BCUT2D eigenvalue weighted by Gasteiger charge is 2.41. The van der Waals surface area contributed by atoms with Crippen molar-refractivity contribution in [3.05, 3.63) is 77.9 Å². The van der Waals surface area contributed by atoms with Crippen LogP contribution in [0.5, 0.6) is 0 Å². The Morgan fingerprint density at radius 2 is 1.83 bits per heavy atom. The molecule has 178 valence electrons. The van der Waals surface area contributed by atoms with Crippen molar-refractivity contribution in [2.24, 2.45) is 0 Å². The van der Waals surface area contributed by atoms with Gasteiger partial charge in [-0.3, -0.25) is 19.4 Å². The molecule has 0 radical (unpaired) electrons. The van der Waals surface area contributed by atoms with Crippen LogP contribution in [0.3, 0.4) is 0 Å². The number of nitrogens with zero attached hydrogens (tertiary/aromatic N) is 4. The van der Waals surface area contributed by atoms with Crippen LogP contribution in [0.25, 0.3) is 11.1 Å². The fourth-order valence-electron chi connectivity index (χ4n) is 4.26. The average molecular weight is 481 g/mol. The summed E-state index contributed by atoms with van der Waals surface area (Å²) in [6.07, 6.45) is -0.333. The highest BCUT2D eigenvalue weighted by Crippen LogP contribution is 2.34. The van der Waals surface area contributed by atoms with Crippen LogP contribution < -0.4 is 5.32 Å². The molecule has 0 bridgehead atoms. The van der Waals surface area contributed by atoms with E-state index in [9.17, 15) is 27.6 Å². The van der Waals surface area contributed by atoms with Crippen molar-refractivity contribution >= 4 is 23.4 Å². The molecule has 1 aromatic heterocycles. The van der Waals surface area contributed by atoms with E-state index in [-0.39, 0.29) is 36.6 Å². The van der Waals surface area contributed by atoms with Crippen LogP contribution >= 0.6 is 0 Å². The first-order chi connectivity index (χ1) is 16.7. The lowest BCUT2D eigenvalue weighted by Crippen LogP contribution is -2.59. The van der Waals surface area contributed by atoms with E-state index in [0.29, 0.717) is 11.1 Å². The second kappa shape index (κ2) is 8.49. The summed E-state index contributed by atoms with van der Waals surface area (Å²) in [7, 11) is 0. The number of aromatic nitrogens is 2. The number of carbonyl (C=O) groups excluding carboxylic acids is 3. The number of hydrogen-bond acceptors (Lipinski definition) is 5. The van der Waals surface area contributed by atoms with E-state index in [0.717, 1.165) is 12.1 Å². The number of fused-ring (bicyclic) bond motifs is 2. The third-order valence-electron chi connectivity index (χ3n) is 6.04. The maximum Gasteiger partial charge on any atom is 0.416 e. The van der Waals surface area contributed by atoms with Crippen molar-refractivity contribution < 1.29 is 27.6 Å². The lowest BCUT2D eigenvalue weighted by molar-refractivity contribution is -0.137. The molecule has 3 amide bonds. The largest absolute Gasteiger partial charge is 0.416 e. The molecule has 0 spiro atoms. The number of piperazine rings is 1. The molecule has 11 heteroatoms. The number of benzene rings is 2. The quantitative estimate of drug-likeness (QED) is 0.607. The van der Waals surface area contributed by atoms with Crippen molar-refractivity contribution in [1.82, 2.24) is 19.8 Å². The smallest absolute Gasteiger partial charge is 0.333 e. The monoisotopic (exact) mass is 481 g/mol. The molecule has 8 nitrogen and oxygen atoms in total. The summed E-state index contributed by atoms with van der Waals surface area (Å²) in [5.41, 5.74) is 0.472. The molecule has 1 saturated heterocycles. The zero-order valence-electron chi connectivity index (χ0n) is 18.1. The standard InChI is InChI=1S/C24H18F3N5O3/c25-24(26,27)16-3-1-2-14(10-16)15-4-5-18-17(11-15)22(34)32-9-8-31(13-20(32)21(33)30-18)23(35)19-12-28-6-7-29-19/h1-7,10-12,20H,8-9,13H2,(H,30,33). The van der Waals surface area contributed by atoms with E-state index in [4.69, 9.17) is 0 Å². The molecule has 5 rings (SSSR count). The maximum absolute atomic E-state index is 13.4. The van der Waals surface area contributed by atoms with E-state index < -0.39 is 35.5 Å². The summed E-state index contributed by atoms with van der Waals surface area (Å²) in [5, 5.41) is 2.72. The average Bonchev–Trinajstić information content (AvgIpc) is 2.97. The fraction of sp³-hybridized carbons (Fsp3) is 0.208. The summed E-state index contributed by atoms with van der Waals surface area (Å²) >= 11 is 0. The van der Waals surface area contributed by atoms with Crippen molar-refractivity contribution in [2.45, 2.75) is 12.2 Å². The molecular weight excluding hydrogens is 463 g/mol. The molecule has 3 aromatic rings. The van der Waals surface area contributed by atoms with Gasteiger partial charge >= 0.3 is 6.18 Å². The van der Waals surface area contributed by atoms with Gasteiger partial charge in [-0.15, -0.1) is 0 Å². The van der Waals surface area contributed by atoms with Gasteiger partial charge in [0.15, 0.2) is 0 Å². The Kier molecular flexibility index (Phi) is 5.46. The summed E-state index contributed by atoms with van der Waals surface area (Å²) in [6, 6.07) is 8.42. The van der Waals surface area contributed by atoms with Gasteiger partial charge in [-0.1, -0.05) is 18.2 Å². The van der Waals surface area contributed by atoms with Gasteiger partial charge in [0.25, 0.3) is 11.8 Å². The molecule has 35 heavy (non-hydrogen) atoms. The zero-order valence-corrected chi connectivity index (χ0v) is 18.1. The summed E-state index contributed by atoms with van der Waals surface area (Å²) in [6.45, 7) is 0.269. The highest BCUT2D eigenvalue weighted by atomic mass is 19.4. The van der Waals surface area contributed by atoms with Gasteiger partial charge in [-0.2, -0.15) is 13.2 Å². The Balaban J connectivity index is 1.43. The van der Waals surface area contributed by atoms with E-state index in [1.54, 1.807) is 6.07 Å². The number of rotatable bonds is 2. The minimum absolute atomic E-state index is 0.0263. The van der Waals surface area contributed by atoms with Gasteiger partial charge in [-0.25, -0.2) is 4.98 Å².